The molecule has 2 aromatic carbocycles. The first-order chi connectivity index (χ1) is 10.7. The molecule has 0 radical (unpaired) electrons. The van der Waals surface area contributed by atoms with Gasteiger partial charge in [0.25, 0.3) is 5.91 Å². The van der Waals surface area contributed by atoms with Crippen molar-refractivity contribution in [2.24, 2.45) is 5.10 Å². The summed E-state index contributed by atoms with van der Waals surface area (Å²) >= 11 is 0. The lowest BCUT2D eigenvalue weighted by molar-refractivity contribution is 0.0950. The highest BCUT2D eigenvalue weighted by Gasteiger charge is 2.06. The first-order valence-corrected chi connectivity index (χ1v) is 6.98. The largest absolute Gasteiger partial charge is 0.289 e. The number of rotatable bonds is 3. The van der Waals surface area contributed by atoms with Crippen LogP contribution in [0.4, 0.5) is 0 Å². The third-order valence-electron chi connectivity index (χ3n) is 3.25. The third-order valence-corrected chi connectivity index (χ3v) is 3.25. The second-order valence-corrected chi connectivity index (χ2v) is 5.00. The van der Waals surface area contributed by atoms with Gasteiger partial charge in [-0.1, -0.05) is 54.1 Å². The van der Waals surface area contributed by atoms with Crippen LogP contribution in [0.1, 0.15) is 21.6 Å². The molecule has 1 amide bonds. The van der Waals surface area contributed by atoms with E-state index in [0.29, 0.717) is 5.69 Å². The van der Waals surface area contributed by atoms with Gasteiger partial charge >= 0.3 is 0 Å². The van der Waals surface area contributed by atoms with E-state index in [1.807, 2.05) is 61.5 Å². The highest BCUT2D eigenvalue weighted by molar-refractivity contribution is 5.95. The molecule has 0 aliphatic heterocycles. The summed E-state index contributed by atoms with van der Waals surface area (Å²) in [7, 11) is 0. The Morgan fingerprint density at radius 3 is 2.82 bits per heavy atom. The first kappa shape index (κ1) is 13.9. The zero-order valence-corrected chi connectivity index (χ0v) is 12.2. The number of carbonyl (C=O) groups is 1. The van der Waals surface area contributed by atoms with Gasteiger partial charge in [0.05, 0.1) is 11.7 Å². The summed E-state index contributed by atoms with van der Waals surface area (Å²) in [6.07, 6.45) is 1.62. The van der Waals surface area contributed by atoms with E-state index in [9.17, 15) is 4.79 Å². The summed E-state index contributed by atoms with van der Waals surface area (Å²) in [5, 5.41) is 4.98. The van der Waals surface area contributed by atoms with Crippen molar-refractivity contribution in [3.05, 3.63) is 77.5 Å². The molecular weight excluding hydrogens is 274 g/mol. The Hall–Kier alpha value is -3.01. The number of hydrogen-bond donors (Lipinski definition) is 1. The van der Waals surface area contributed by atoms with Gasteiger partial charge in [0.2, 0.25) is 0 Å². The highest BCUT2D eigenvalue weighted by atomic mass is 16.2. The molecule has 0 spiro atoms. The maximum absolute atomic E-state index is 12.1. The number of aryl methyl sites for hydroxylation is 1. The van der Waals surface area contributed by atoms with Crippen LogP contribution in [0.5, 0.6) is 0 Å². The monoisotopic (exact) mass is 289 g/mol. The van der Waals surface area contributed by atoms with Gasteiger partial charge in [0.1, 0.15) is 5.69 Å². The Morgan fingerprint density at radius 1 is 1.09 bits per heavy atom. The van der Waals surface area contributed by atoms with Crippen molar-refractivity contribution >= 4 is 23.0 Å². The van der Waals surface area contributed by atoms with Crippen LogP contribution < -0.4 is 5.43 Å². The molecular formula is C18H15N3O. The highest BCUT2D eigenvalue weighted by Crippen LogP contribution is 2.11. The van der Waals surface area contributed by atoms with E-state index in [0.717, 1.165) is 22.0 Å². The molecule has 108 valence electrons. The summed E-state index contributed by atoms with van der Waals surface area (Å²) in [5.74, 6) is -0.324. The van der Waals surface area contributed by atoms with Gasteiger partial charge in [-0.15, -0.1) is 0 Å². The average molecular weight is 289 g/mol. The van der Waals surface area contributed by atoms with Gasteiger partial charge < -0.3 is 0 Å². The lowest BCUT2D eigenvalue weighted by Crippen LogP contribution is -2.18. The van der Waals surface area contributed by atoms with Crippen LogP contribution in [0.15, 0.2) is 65.8 Å². The summed E-state index contributed by atoms with van der Waals surface area (Å²) in [6, 6.07) is 19.1. The number of hydrazone groups is 1. The van der Waals surface area contributed by atoms with Crippen molar-refractivity contribution in [2.45, 2.75) is 6.92 Å². The molecule has 0 bridgehead atoms. The number of benzene rings is 2. The van der Waals surface area contributed by atoms with E-state index in [1.165, 1.54) is 0 Å². The SMILES string of the molecule is Cc1cccc(/C=N/NC(=O)c2ccc3ccccc3n2)c1. The van der Waals surface area contributed by atoms with E-state index < -0.39 is 0 Å². The van der Waals surface area contributed by atoms with Crippen molar-refractivity contribution in [3.8, 4) is 0 Å². The molecule has 1 N–H and O–H groups in total. The fourth-order valence-electron chi connectivity index (χ4n) is 2.17. The number of para-hydroxylation sites is 1. The van der Waals surface area contributed by atoms with Gasteiger partial charge in [-0.05, 0) is 24.6 Å². The zero-order chi connectivity index (χ0) is 15.4. The van der Waals surface area contributed by atoms with Crippen LogP contribution >= 0.6 is 0 Å². The Kier molecular flexibility index (Phi) is 3.92. The topological polar surface area (TPSA) is 54.4 Å². The third kappa shape index (κ3) is 3.17. The van der Waals surface area contributed by atoms with Gasteiger partial charge in [0, 0.05) is 5.39 Å². The molecule has 0 aliphatic carbocycles. The minimum absolute atomic E-state index is 0.324. The molecule has 4 nitrogen and oxygen atoms in total. The molecule has 3 aromatic rings. The molecule has 0 aliphatic rings. The van der Waals surface area contributed by atoms with E-state index in [1.54, 1.807) is 12.3 Å². The van der Waals surface area contributed by atoms with Crippen LogP contribution in [-0.4, -0.2) is 17.1 Å². The van der Waals surface area contributed by atoms with Crippen molar-refractivity contribution < 1.29 is 4.79 Å². The maximum atomic E-state index is 12.1. The minimum Gasteiger partial charge on any atom is -0.266 e. The second-order valence-electron chi connectivity index (χ2n) is 5.00. The van der Waals surface area contributed by atoms with Crippen LogP contribution in [0.25, 0.3) is 10.9 Å². The predicted molar refractivity (Wildman–Crippen MR) is 88.0 cm³/mol. The molecule has 4 heteroatoms. The van der Waals surface area contributed by atoms with E-state index in [4.69, 9.17) is 0 Å². The standard InChI is InChI=1S/C18H15N3O/c1-13-5-4-6-14(11-13)12-19-21-18(22)17-10-9-15-7-2-3-8-16(15)20-17/h2-12H,1H3,(H,21,22)/b19-12+. The van der Waals surface area contributed by atoms with E-state index >= 15 is 0 Å². The normalized spacial score (nSPS) is 11.0. The molecule has 1 aromatic heterocycles. The van der Waals surface area contributed by atoms with Crippen LogP contribution in [-0.2, 0) is 0 Å². The Labute approximate surface area is 128 Å². The van der Waals surface area contributed by atoms with E-state index in [-0.39, 0.29) is 5.91 Å². The zero-order valence-electron chi connectivity index (χ0n) is 12.2. The van der Waals surface area contributed by atoms with Gasteiger partial charge in [-0.25, -0.2) is 10.4 Å². The molecule has 0 saturated carbocycles. The van der Waals surface area contributed by atoms with Crippen molar-refractivity contribution in [1.29, 1.82) is 0 Å². The number of nitrogens with zero attached hydrogens (tertiary/aromatic N) is 2. The fraction of sp³-hybridized carbons (Fsp3) is 0.0556. The number of nitrogens with one attached hydrogen (secondary N) is 1. The number of fused-ring (bicyclic) bond motifs is 1. The van der Waals surface area contributed by atoms with Crippen molar-refractivity contribution in [2.75, 3.05) is 0 Å². The molecule has 0 fully saturated rings. The summed E-state index contributed by atoms with van der Waals surface area (Å²) in [4.78, 5) is 16.4. The second kappa shape index (κ2) is 6.18. The van der Waals surface area contributed by atoms with Crippen LogP contribution in [0.2, 0.25) is 0 Å². The number of carbonyl (C=O) groups excluding carboxylic acids is 1. The fourth-order valence-corrected chi connectivity index (χ4v) is 2.17. The van der Waals surface area contributed by atoms with Crippen molar-refractivity contribution in [3.63, 3.8) is 0 Å². The summed E-state index contributed by atoms with van der Waals surface area (Å²) in [6.45, 7) is 2.01. The van der Waals surface area contributed by atoms with Crippen LogP contribution in [0.3, 0.4) is 0 Å². The van der Waals surface area contributed by atoms with Gasteiger partial charge in [-0.2, -0.15) is 5.10 Å². The van der Waals surface area contributed by atoms with Gasteiger partial charge in [0.15, 0.2) is 0 Å². The maximum Gasteiger partial charge on any atom is 0.289 e. The smallest absolute Gasteiger partial charge is 0.266 e. The van der Waals surface area contributed by atoms with Crippen LogP contribution in [0, 0.1) is 6.92 Å². The number of amides is 1. The summed E-state index contributed by atoms with van der Waals surface area (Å²) < 4.78 is 0. The Bertz CT molecular complexity index is 856. The molecule has 3 rings (SSSR count). The lowest BCUT2D eigenvalue weighted by Gasteiger charge is -2.01. The number of hydrogen-bond acceptors (Lipinski definition) is 3. The number of aromatic nitrogens is 1. The minimum atomic E-state index is -0.324. The van der Waals surface area contributed by atoms with Crippen molar-refractivity contribution in [1.82, 2.24) is 10.4 Å². The quantitative estimate of drug-likeness (QED) is 0.594. The average Bonchev–Trinajstić information content (AvgIpc) is 2.54. The Balaban J connectivity index is 1.73. The molecule has 22 heavy (non-hydrogen) atoms. The lowest BCUT2D eigenvalue weighted by atomic mass is 10.2. The van der Waals surface area contributed by atoms with Gasteiger partial charge in [-0.3, -0.25) is 4.79 Å². The van der Waals surface area contributed by atoms with E-state index in [2.05, 4.69) is 15.5 Å². The first-order valence-electron chi connectivity index (χ1n) is 6.98. The number of pyridine rings is 1. The Morgan fingerprint density at radius 2 is 1.95 bits per heavy atom. The molecule has 0 unspecified atom stereocenters. The molecule has 1 heterocycles. The summed E-state index contributed by atoms with van der Waals surface area (Å²) in [5.41, 5.74) is 5.72. The molecule has 0 atom stereocenters. The predicted octanol–water partition coefficient (Wildman–Crippen LogP) is 3.31. The molecule has 0 saturated heterocycles.